The van der Waals surface area contributed by atoms with Crippen LogP contribution >= 0.6 is 0 Å². The van der Waals surface area contributed by atoms with Crippen LogP contribution in [0, 0.1) is 6.92 Å². The van der Waals surface area contributed by atoms with Crippen molar-refractivity contribution in [1.29, 1.82) is 0 Å². The summed E-state index contributed by atoms with van der Waals surface area (Å²) in [6.07, 6.45) is 1.36. The molecule has 0 bridgehead atoms. The van der Waals surface area contributed by atoms with E-state index in [9.17, 15) is 4.79 Å². The average Bonchev–Trinajstić information content (AvgIpc) is 2.90. The number of carbonyl (C=O) groups excluding carboxylic acids is 1. The number of likely N-dealkylation sites (N-methyl/N-ethyl adjacent to an activating group) is 1. The molecule has 0 fully saturated rings. The van der Waals surface area contributed by atoms with Crippen LogP contribution < -0.4 is 4.74 Å². The Bertz CT molecular complexity index is 618. The third-order valence-corrected chi connectivity index (χ3v) is 3.58. The first kappa shape index (κ1) is 16.1. The highest BCUT2D eigenvalue weighted by Gasteiger charge is 2.21. The van der Waals surface area contributed by atoms with Gasteiger partial charge in [0.25, 0.3) is 5.91 Å². The van der Waals surface area contributed by atoms with Gasteiger partial charge in [-0.3, -0.25) is 4.79 Å². The van der Waals surface area contributed by atoms with Gasteiger partial charge in [-0.05, 0) is 39.8 Å². The van der Waals surface area contributed by atoms with E-state index in [-0.39, 0.29) is 5.91 Å². The number of carbonyl (C=O) groups is 1. The molecule has 2 aromatic rings. The van der Waals surface area contributed by atoms with E-state index in [1.54, 1.807) is 16.5 Å². The number of nitrogens with zero attached hydrogens (tertiary/aromatic N) is 3. The molecule has 22 heavy (non-hydrogen) atoms. The van der Waals surface area contributed by atoms with Crippen molar-refractivity contribution in [2.75, 3.05) is 13.1 Å². The van der Waals surface area contributed by atoms with Gasteiger partial charge in [0.2, 0.25) is 5.88 Å². The van der Waals surface area contributed by atoms with Crippen LogP contribution in [0.5, 0.6) is 5.88 Å². The number of hydrogen-bond acceptors (Lipinski definition) is 3. The minimum atomic E-state index is -0.544. The van der Waals surface area contributed by atoms with Gasteiger partial charge >= 0.3 is 0 Å². The maximum absolute atomic E-state index is 12.3. The fourth-order valence-corrected chi connectivity index (χ4v) is 2.28. The lowest BCUT2D eigenvalue weighted by atomic mass is 10.3. The quantitative estimate of drug-likeness (QED) is 0.824. The smallest absolute Gasteiger partial charge is 0.263 e. The molecule has 1 amide bonds. The molecule has 0 radical (unpaired) electrons. The second-order valence-electron chi connectivity index (χ2n) is 5.17. The first-order chi connectivity index (χ1) is 10.6. The van der Waals surface area contributed by atoms with Crippen molar-refractivity contribution >= 4 is 5.91 Å². The first-order valence-electron chi connectivity index (χ1n) is 7.64. The molecule has 5 heteroatoms. The predicted molar refractivity (Wildman–Crippen MR) is 86.3 cm³/mol. The van der Waals surface area contributed by atoms with Crippen LogP contribution in [-0.4, -0.2) is 39.8 Å². The van der Waals surface area contributed by atoms with Crippen LogP contribution in [0.4, 0.5) is 0 Å². The summed E-state index contributed by atoms with van der Waals surface area (Å²) < 4.78 is 7.53. The highest BCUT2D eigenvalue weighted by atomic mass is 16.5. The number of ether oxygens (including phenoxy) is 1. The molecule has 0 aliphatic heterocycles. The standard InChI is InChI=1S/C17H23N3O2/c1-5-19(6-2)17(21)14(4)22-16-13(3)12-20(18-16)15-10-8-7-9-11-15/h7-12,14H,5-6H2,1-4H3. The SMILES string of the molecule is CCN(CC)C(=O)C(C)Oc1nn(-c2ccccc2)cc1C. The Kier molecular flexibility index (Phi) is 5.20. The first-order valence-corrected chi connectivity index (χ1v) is 7.64. The van der Waals surface area contributed by atoms with Gasteiger partial charge in [0.05, 0.1) is 5.69 Å². The van der Waals surface area contributed by atoms with Crippen LogP contribution in [0.1, 0.15) is 26.3 Å². The maximum atomic E-state index is 12.3. The lowest BCUT2D eigenvalue weighted by molar-refractivity contribution is -0.137. The Labute approximate surface area is 131 Å². The lowest BCUT2D eigenvalue weighted by Gasteiger charge is -2.22. The number of aryl methyl sites for hydroxylation is 1. The highest BCUT2D eigenvalue weighted by molar-refractivity contribution is 5.80. The zero-order valence-electron chi connectivity index (χ0n) is 13.6. The Morgan fingerprint density at radius 2 is 1.91 bits per heavy atom. The summed E-state index contributed by atoms with van der Waals surface area (Å²) in [7, 11) is 0. The summed E-state index contributed by atoms with van der Waals surface area (Å²) in [6, 6.07) is 9.82. The number of amides is 1. The largest absolute Gasteiger partial charge is 0.463 e. The monoisotopic (exact) mass is 301 g/mol. The summed E-state index contributed by atoms with van der Waals surface area (Å²) in [5.41, 5.74) is 1.87. The summed E-state index contributed by atoms with van der Waals surface area (Å²) in [4.78, 5) is 14.0. The summed E-state index contributed by atoms with van der Waals surface area (Å²) in [5.74, 6) is 0.482. The molecular weight excluding hydrogens is 278 g/mol. The number of rotatable bonds is 6. The predicted octanol–water partition coefficient (Wildman–Crippen LogP) is 2.82. The van der Waals surface area contributed by atoms with E-state index >= 15 is 0 Å². The van der Waals surface area contributed by atoms with Gasteiger partial charge in [0.15, 0.2) is 6.10 Å². The van der Waals surface area contributed by atoms with Crippen molar-refractivity contribution in [3.05, 3.63) is 42.1 Å². The van der Waals surface area contributed by atoms with E-state index in [0.717, 1.165) is 11.3 Å². The van der Waals surface area contributed by atoms with Crippen molar-refractivity contribution in [2.24, 2.45) is 0 Å². The molecule has 2 rings (SSSR count). The molecule has 1 aromatic heterocycles. The molecule has 1 atom stereocenters. The molecule has 0 spiro atoms. The van der Waals surface area contributed by atoms with Crippen LogP contribution in [-0.2, 0) is 4.79 Å². The Hall–Kier alpha value is -2.30. The topological polar surface area (TPSA) is 47.4 Å². The van der Waals surface area contributed by atoms with E-state index in [0.29, 0.717) is 19.0 Å². The Morgan fingerprint density at radius 3 is 2.50 bits per heavy atom. The van der Waals surface area contributed by atoms with Crippen LogP contribution in [0.2, 0.25) is 0 Å². The van der Waals surface area contributed by atoms with E-state index in [1.165, 1.54) is 0 Å². The average molecular weight is 301 g/mol. The third kappa shape index (κ3) is 3.47. The van der Waals surface area contributed by atoms with Gasteiger partial charge in [-0.15, -0.1) is 5.10 Å². The second kappa shape index (κ2) is 7.11. The number of para-hydroxylation sites is 1. The van der Waals surface area contributed by atoms with Crippen LogP contribution in [0.15, 0.2) is 36.5 Å². The second-order valence-corrected chi connectivity index (χ2v) is 5.17. The maximum Gasteiger partial charge on any atom is 0.263 e. The lowest BCUT2D eigenvalue weighted by Crippen LogP contribution is -2.40. The molecular formula is C17H23N3O2. The summed E-state index contributed by atoms with van der Waals surface area (Å²) >= 11 is 0. The van der Waals surface area contributed by atoms with Crippen molar-refractivity contribution in [3.63, 3.8) is 0 Å². The molecule has 1 aromatic carbocycles. The molecule has 0 aliphatic carbocycles. The fourth-order valence-electron chi connectivity index (χ4n) is 2.28. The Balaban J connectivity index is 2.14. The van der Waals surface area contributed by atoms with Crippen molar-refractivity contribution in [1.82, 2.24) is 14.7 Å². The zero-order valence-corrected chi connectivity index (χ0v) is 13.6. The third-order valence-electron chi connectivity index (χ3n) is 3.58. The minimum absolute atomic E-state index is 0.0151. The van der Waals surface area contributed by atoms with Crippen LogP contribution in [0.25, 0.3) is 5.69 Å². The van der Waals surface area contributed by atoms with Gasteiger partial charge in [0.1, 0.15) is 0 Å². The molecule has 1 heterocycles. The molecule has 1 unspecified atom stereocenters. The van der Waals surface area contributed by atoms with E-state index in [1.807, 2.05) is 57.3 Å². The number of benzene rings is 1. The molecule has 5 nitrogen and oxygen atoms in total. The normalized spacial score (nSPS) is 12.0. The zero-order chi connectivity index (χ0) is 16.1. The summed E-state index contributed by atoms with van der Waals surface area (Å²) in [5, 5.41) is 4.44. The molecule has 0 saturated carbocycles. The van der Waals surface area contributed by atoms with E-state index in [2.05, 4.69) is 5.10 Å². The van der Waals surface area contributed by atoms with E-state index < -0.39 is 6.10 Å². The van der Waals surface area contributed by atoms with Crippen molar-refractivity contribution in [2.45, 2.75) is 33.8 Å². The van der Waals surface area contributed by atoms with Crippen molar-refractivity contribution < 1.29 is 9.53 Å². The fraction of sp³-hybridized carbons (Fsp3) is 0.412. The number of hydrogen-bond donors (Lipinski definition) is 0. The molecule has 0 N–H and O–H groups in total. The minimum Gasteiger partial charge on any atom is -0.463 e. The van der Waals surface area contributed by atoms with E-state index in [4.69, 9.17) is 4.74 Å². The van der Waals surface area contributed by atoms with Gasteiger partial charge in [-0.2, -0.15) is 0 Å². The molecule has 0 saturated heterocycles. The van der Waals surface area contributed by atoms with Crippen LogP contribution in [0.3, 0.4) is 0 Å². The van der Waals surface area contributed by atoms with Gasteiger partial charge in [0, 0.05) is 24.8 Å². The van der Waals surface area contributed by atoms with Gasteiger partial charge < -0.3 is 9.64 Å². The number of aromatic nitrogens is 2. The van der Waals surface area contributed by atoms with Gasteiger partial charge in [-0.25, -0.2) is 4.68 Å². The van der Waals surface area contributed by atoms with Crippen molar-refractivity contribution in [3.8, 4) is 11.6 Å². The molecule has 118 valence electrons. The summed E-state index contributed by atoms with van der Waals surface area (Å²) in [6.45, 7) is 8.98. The Morgan fingerprint density at radius 1 is 1.27 bits per heavy atom. The highest BCUT2D eigenvalue weighted by Crippen LogP contribution is 2.19. The molecule has 0 aliphatic rings. The van der Waals surface area contributed by atoms with Gasteiger partial charge in [-0.1, -0.05) is 18.2 Å².